The zero-order chi connectivity index (χ0) is 14.8. The van der Waals surface area contributed by atoms with Crippen LogP contribution in [0.1, 0.15) is 29.5 Å². The quantitative estimate of drug-likeness (QED) is 0.839. The first-order valence-corrected chi connectivity index (χ1v) is 7.76. The minimum atomic E-state index is 0.641. The summed E-state index contributed by atoms with van der Waals surface area (Å²) < 4.78 is 6.06. The summed E-state index contributed by atoms with van der Waals surface area (Å²) in [5.74, 6) is 1.59. The molecule has 0 bridgehead atoms. The second kappa shape index (κ2) is 6.08. The van der Waals surface area contributed by atoms with E-state index >= 15 is 0 Å². The van der Waals surface area contributed by atoms with E-state index in [2.05, 4.69) is 24.4 Å². The molecule has 110 valence electrons. The Bertz CT molecular complexity index is 650. The highest BCUT2D eigenvalue weighted by Gasteiger charge is 2.20. The van der Waals surface area contributed by atoms with Crippen molar-refractivity contribution < 1.29 is 4.74 Å². The van der Waals surface area contributed by atoms with Crippen LogP contribution in [0.5, 0.6) is 11.5 Å². The Morgan fingerprint density at radius 2 is 1.76 bits per heavy atom. The molecule has 1 N–H and O–H groups in total. The molecule has 0 spiro atoms. The van der Waals surface area contributed by atoms with Gasteiger partial charge in [-0.3, -0.25) is 0 Å². The van der Waals surface area contributed by atoms with Crippen LogP contribution in [0.4, 0.5) is 0 Å². The van der Waals surface area contributed by atoms with Crippen molar-refractivity contribution in [2.24, 2.45) is 0 Å². The molecule has 0 radical (unpaired) electrons. The first kappa shape index (κ1) is 14.4. The van der Waals surface area contributed by atoms with Crippen molar-refractivity contribution >= 4 is 11.6 Å². The molecule has 3 rings (SSSR count). The number of aryl methyl sites for hydroxylation is 2. The number of rotatable bonds is 5. The maximum absolute atomic E-state index is 6.23. The third kappa shape index (κ3) is 3.78. The lowest BCUT2D eigenvalue weighted by atomic mass is 10.1. The van der Waals surface area contributed by atoms with E-state index in [9.17, 15) is 0 Å². The molecule has 1 saturated carbocycles. The Hall–Kier alpha value is -1.51. The molecule has 3 heteroatoms. The second-order valence-corrected chi connectivity index (χ2v) is 6.21. The van der Waals surface area contributed by atoms with E-state index in [1.165, 1.54) is 24.0 Å². The number of benzene rings is 2. The van der Waals surface area contributed by atoms with E-state index in [0.29, 0.717) is 16.8 Å². The van der Waals surface area contributed by atoms with Crippen molar-refractivity contribution in [3.8, 4) is 11.5 Å². The lowest BCUT2D eigenvalue weighted by molar-refractivity contribution is 0.472. The Morgan fingerprint density at radius 1 is 1.05 bits per heavy atom. The molecule has 2 nitrogen and oxygen atoms in total. The summed E-state index contributed by atoms with van der Waals surface area (Å²) in [5, 5.41) is 4.18. The van der Waals surface area contributed by atoms with Crippen LogP contribution in [0.25, 0.3) is 0 Å². The van der Waals surface area contributed by atoms with Crippen LogP contribution in [0.2, 0.25) is 5.02 Å². The lowest BCUT2D eigenvalue weighted by Gasteiger charge is -2.14. The van der Waals surface area contributed by atoms with Gasteiger partial charge in [-0.1, -0.05) is 35.4 Å². The Labute approximate surface area is 131 Å². The van der Waals surface area contributed by atoms with Gasteiger partial charge >= 0.3 is 0 Å². The van der Waals surface area contributed by atoms with E-state index in [1.54, 1.807) is 0 Å². The summed E-state index contributed by atoms with van der Waals surface area (Å²) in [4.78, 5) is 0. The molecule has 21 heavy (non-hydrogen) atoms. The second-order valence-electron chi connectivity index (χ2n) is 5.80. The molecule has 0 heterocycles. The molecule has 0 amide bonds. The monoisotopic (exact) mass is 301 g/mol. The minimum absolute atomic E-state index is 0.641. The highest BCUT2D eigenvalue weighted by molar-refractivity contribution is 6.32. The molecule has 2 aromatic rings. The normalized spacial score (nSPS) is 14.2. The summed E-state index contributed by atoms with van der Waals surface area (Å²) in [5.41, 5.74) is 3.56. The summed E-state index contributed by atoms with van der Waals surface area (Å²) in [7, 11) is 0. The molecule has 0 unspecified atom stereocenters. The van der Waals surface area contributed by atoms with Gasteiger partial charge in [-0.05, 0) is 50.5 Å². The smallest absolute Gasteiger partial charge is 0.146 e. The first-order valence-electron chi connectivity index (χ1n) is 7.39. The molecule has 0 saturated heterocycles. The molecular weight excluding hydrogens is 282 g/mol. The van der Waals surface area contributed by atoms with E-state index in [1.807, 2.05) is 31.2 Å². The van der Waals surface area contributed by atoms with Crippen molar-refractivity contribution in [2.45, 2.75) is 39.3 Å². The molecule has 1 fully saturated rings. The van der Waals surface area contributed by atoms with E-state index in [-0.39, 0.29) is 0 Å². The summed E-state index contributed by atoms with van der Waals surface area (Å²) >= 11 is 6.23. The predicted octanol–water partition coefficient (Wildman–Crippen LogP) is 5.00. The van der Waals surface area contributed by atoms with Crippen molar-refractivity contribution in [1.29, 1.82) is 0 Å². The fourth-order valence-corrected chi connectivity index (χ4v) is 2.45. The highest BCUT2D eigenvalue weighted by atomic mass is 35.5. The summed E-state index contributed by atoms with van der Waals surface area (Å²) in [6.45, 7) is 4.98. The zero-order valence-corrected chi connectivity index (χ0v) is 13.2. The number of hydrogen-bond acceptors (Lipinski definition) is 2. The standard InChI is InChI=1S/C18H20ClNO/c1-12-4-8-17(14(9-12)11-20-15-5-6-15)21-18-10-13(2)3-7-16(18)19/h3-4,7-10,15,20H,5-6,11H2,1-2H3. The number of halogens is 1. The average Bonchev–Trinajstić information content (AvgIpc) is 3.27. The maximum atomic E-state index is 6.23. The van der Waals surface area contributed by atoms with Crippen LogP contribution in [0.15, 0.2) is 36.4 Å². The van der Waals surface area contributed by atoms with Gasteiger partial charge in [0.05, 0.1) is 5.02 Å². The van der Waals surface area contributed by atoms with Crippen molar-refractivity contribution in [2.75, 3.05) is 0 Å². The molecule has 0 aromatic heterocycles. The topological polar surface area (TPSA) is 21.3 Å². The number of ether oxygens (including phenoxy) is 1. The Kier molecular flexibility index (Phi) is 4.18. The van der Waals surface area contributed by atoms with E-state index in [4.69, 9.17) is 16.3 Å². The van der Waals surface area contributed by atoms with Gasteiger partial charge in [0.2, 0.25) is 0 Å². The molecular formula is C18H20ClNO. The largest absolute Gasteiger partial charge is 0.455 e. The Morgan fingerprint density at radius 3 is 2.52 bits per heavy atom. The highest BCUT2D eigenvalue weighted by Crippen LogP contribution is 2.33. The van der Waals surface area contributed by atoms with Gasteiger partial charge < -0.3 is 10.1 Å². The van der Waals surface area contributed by atoms with Crippen molar-refractivity contribution in [1.82, 2.24) is 5.32 Å². The predicted molar refractivity (Wildman–Crippen MR) is 87.3 cm³/mol. The van der Waals surface area contributed by atoms with Crippen molar-refractivity contribution in [3.63, 3.8) is 0 Å². The Balaban J connectivity index is 1.84. The SMILES string of the molecule is Cc1ccc(Oc2cc(C)ccc2Cl)c(CNC2CC2)c1. The van der Waals surface area contributed by atoms with Gasteiger partial charge in [-0.15, -0.1) is 0 Å². The first-order chi connectivity index (χ1) is 10.1. The third-order valence-corrected chi connectivity index (χ3v) is 3.99. The minimum Gasteiger partial charge on any atom is -0.455 e. The third-order valence-electron chi connectivity index (χ3n) is 3.68. The van der Waals surface area contributed by atoms with Crippen molar-refractivity contribution in [3.05, 3.63) is 58.1 Å². The fourth-order valence-electron chi connectivity index (χ4n) is 2.29. The van der Waals surface area contributed by atoms with Gasteiger partial charge in [-0.2, -0.15) is 0 Å². The van der Waals surface area contributed by atoms with Crippen LogP contribution in [-0.2, 0) is 6.54 Å². The average molecular weight is 302 g/mol. The molecule has 0 aliphatic heterocycles. The van der Waals surface area contributed by atoms with Crippen LogP contribution in [0, 0.1) is 13.8 Å². The van der Waals surface area contributed by atoms with E-state index in [0.717, 1.165) is 17.9 Å². The number of nitrogens with one attached hydrogen (secondary N) is 1. The molecule has 2 aromatic carbocycles. The summed E-state index contributed by atoms with van der Waals surface area (Å²) in [6, 6.07) is 12.8. The molecule has 0 atom stereocenters. The zero-order valence-electron chi connectivity index (χ0n) is 12.4. The van der Waals surface area contributed by atoms with Gasteiger partial charge in [0.25, 0.3) is 0 Å². The summed E-state index contributed by atoms with van der Waals surface area (Å²) in [6.07, 6.45) is 2.57. The number of hydrogen-bond donors (Lipinski definition) is 1. The van der Waals surface area contributed by atoms with Gasteiger partial charge in [0.1, 0.15) is 11.5 Å². The molecule has 1 aliphatic rings. The van der Waals surface area contributed by atoms with Gasteiger partial charge in [0, 0.05) is 18.2 Å². The fraction of sp³-hybridized carbons (Fsp3) is 0.333. The van der Waals surface area contributed by atoms with Gasteiger partial charge in [-0.25, -0.2) is 0 Å². The van der Waals surface area contributed by atoms with Crippen LogP contribution >= 0.6 is 11.6 Å². The van der Waals surface area contributed by atoms with E-state index < -0.39 is 0 Å². The van der Waals surface area contributed by atoms with Crippen LogP contribution in [-0.4, -0.2) is 6.04 Å². The van der Waals surface area contributed by atoms with Crippen LogP contribution < -0.4 is 10.1 Å². The maximum Gasteiger partial charge on any atom is 0.146 e. The lowest BCUT2D eigenvalue weighted by Crippen LogP contribution is -2.15. The van der Waals surface area contributed by atoms with Gasteiger partial charge in [0.15, 0.2) is 0 Å². The molecule has 1 aliphatic carbocycles. The van der Waals surface area contributed by atoms with Crippen LogP contribution in [0.3, 0.4) is 0 Å².